The van der Waals surface area contributed by atoms with Crippen molar-refractivity contribution in [2.24, 2.45) is 0 Å². The van der Waals surface area contributed by atoms with E-state index in [0.29, 0.717) is 5.92 Å². The monoisotopic (exact) mass is 195 g/mol. The molecule has 1 nitrogen and oxygen atoms in total. The topological polar surface area (TPSA) is 12.0 Å². The molecule has 1 aliphatic rings. The van der Waals surface area contributed by atoms with Gasteiger partial charge in [0.25, 0.3) is 0 Å². The highest BCUT2D eigenvalue weighted by molar-refractivity contribution is 6.31. The third-order valence-electron chi connectivity index (χ3n) is 2.77. The van der Waals surface area contributed by atoms with E-state index in [1.165, 1.54) is 23.2 Å². The van der Waals surface area contributed by atoms with Crippen molar-refractivity contribution in [2.75, 3.05) is 11.9 Å². The average molecular weight is 196 g/mol. The van der Waals surface area contributed by atoms with Crippen molar-refractivity contribution in [1.29, 1.82) is 0 Å². The van der Waals surface area contributed by atoms with Crippen molar-refractivity contribution in [1.82, 2.24) is 0 Å². The van der Waals surface area contributed by atoms with Crippen molar-refractivity contribution >= 4 is 17.3 Å². The molecule has 1 aliphatic heterocycles. The molecular formula is C11H14ClN. The second kappa shape index (κ2) is 3.22. The van der Waals surface area contributed by atoms with Crippen LogP contribution in [0.5, 0.6) is 0 Å². The summed E-state index contributed by atoms with van der Waals surface area (Å²) in [6, 6.07) is 4.07. The largest absolute Gasteiger partial charge is 0.385 e. The summed E-state index contributed by atoms with van der Waals surface area (Å²) >= 11 is 6.17. The number of halogens is 1. The lowest BCUT2D eigenvalue weighted by Crippen LogP contribution is -2.16. The first-order valence-corrected chi connectivity index (χ1v) is 5.11. The van der Waals surface area contributed by atoms with Crippen LogP contribution in [0.4, 0.5) is 5.69 Å². The summed E-state index contributed by atoms with van der Waals surface area (Å²) in [4.78, 5) is 0. The highest BCUT2D eigenvalue weighted by atomic mass is 35.5. The van der Waals surface area contributed by atoms with Crippen LogP contribution in [0.25, 0.3) is 0 Å². The summed E-state index contributed by atoms with van der Waals surface area (Å²) in [5.74, 6) is 0.587. The smallest absolute Gasteiger partial charge is 0.0461 e. The molecule has 0 amide bonds. The van der Waals surface area contributed by atoms with Crippen LogP contribution in [0.2, 0.25) is 5.02 Å². The number of nitrogens with one attached hydrogen (secondary N) is 1. The number of aryl methyl sites for hydroxylation is 1. The van der Waals surface area contributed by atoms with Gasteiger partial charge in [-0.05, 0) is 36.5 Å². The summed E-state index contributed by atoms with van der Waals surface area (Å²) in [7, 11) is 0. The second-order valence-corrected chi connectivity index (χ2v) is 4.18. The fourth-order valence-corrected chi connectivity index (χ4v) is 2.32. The summed E-state index contributed by atoms with van der Waals surface area (Å²) in [6.07, 6.45) is 1.18. The maximum absolute atomic E-state index is 6.17. The molecule has 70 valence electrons. The van der Waals surface area contributed by atoms with E-state index in [9.17, 15) is 0 Å². The van der Waals surface area contributed by atoms with Gasteiger partial charge in [-0.15, -0.1) is 0 Å². The van der Waals surface area contributed by atoms with Crippen molar-refractivity contribution in [3.8, 4) is 0 Å². The van der Waals surface area contributed by atoms with Gasteiger partial charge in [-0.2, -0.15) is 0 Å². The number of hydrogen-bond donors (Lipinski definition) is 1. The minimum Gasteiger partial charge on any atom is -0.385 e. The van der Waals surface area contributed by atoms with Crippen LogP contribution in [0.1, 0.15) is 30.4 Å². The van der Waals surface area contributed by atoms with E-state index < -0.39 is 0 Å². The molecule has 2 heteroatoms. The number of anilines is 1. The van der Waals surface area contributed by atoms with Gasteiger partial charge in [0.2, 0.25) is 0 Å². The lowest BCUT2D eigenvalue weighted by molar-refractivity contribution is 0.682. The molecule has 1 N–H and O–H groups in total. The Hall–Kier alpha value is -0.690. The van der Waals surface area contributed by atoms with E-state index in [1.807, 2.05) is 6.07 Å². The van der Waals surface area contributed by atoms with E-state index in [2.05, 4.69) is 25.2 Å². The SMILES string of the molecule is Cc1ccc(Cl)c2c1NCCC2C. The molecule has 0 bridgehead atoms. The molecule has 1 unspecified atom stereocenters. The molecule has 1 heterocycles. The molecule has 0 spiro atoms. The van der Waals surface area contributed by atoms with Crippen LogP contribution in [0.15, 0.2) is 12.1 Å². The maximum atomic E-state index is 6.17. The van der Waals surface area contributed by atoms with Gasteiger partial charge in [0, 0.05) is 17.3 Å². The van der Waals surface area contributed by atoms with Gasteiger partial charge in [0.15, 0.2) is 0 Å². The van der Waals surface area contributed by atoms with E-state index in [1.54, 1.807) is 0 Å². The van der Waals surface area contributed by atoms with Crippen LogP contribution in [0.3, 0.4) is 0 Å². The fraction of sp³-hybridized carbons (Fsp3) is 0.455. The van der Waals surface area contributed by atoms with Gasteiger partial charge in [-0.25, -0.2) is 0 Å². The van der Waals surface area contributed by atoms with Gasteiger partial charge >= 0.3 is 0 Å². The molecule has 0 radical (unpaired) electrons. The van der Waals surface area contributed by atoms with Crippen LogP contribution in [-0.2, 0) is 0 Å². The van der Waals surface area contributed by atoms with Crippen LogP contribution in [0, 0.1) is 6.92 Å². The third-order valence-corrected chi connectivity index (χ3v) is 3.10. The first-order chi connectivity index (χ1) is 6.20. The van der Waals surface area contributed by atoms with E-state index in [4.69, 9.17) is 11.6 Å². The summed E-state index contributed by atoms with van der Waals surface area (Å²) in [5.41, 5.74) is 3.85. The van der Waals surface area contributed by atoms with Crippen molar-refractivity contribution in [3.05, 3.63) is 28.3 Å². The molecule has 0 fully saturated rings. The van der Waals surface area contributed by atoms with E-state index in [-0.39, 0.29) is 0 Å². The first kappa shape index (κ1) is 8.89. The maximum Gasteiger partial charge on any atom is 0.0461 e. The average Bonchev–Trinajstić information content (AvgIpc) is 2.12. The Kier molecular flexibility index (Phi) is 2.20. The predicted octanol–water partition coefficient (Wildman–Crippen LogP) is 3.57. The zero-order valence-electron chi connectivity index (χ0n) is 8.02. The number of hydrogen-bond acceptors (Lipinski definition) is 1. The standard InChI is InChI=1S/C11H14ClN/c1-7-5-6-13-11-8(2)3-4-9(12)10(7)11/h3-4,7,13H,5-6H2,1-2H3. The molecule has 0 saturated heterocycles. The van der Waals surface area contributed by atoms with Crippen molar-refractivity contribution in [3.63, 3.8) is 0 Å². The Morgan fingerprint density at radius 1 is 1.46 bits per heavy atom. The Balaban J connectivity index is 2.60. The Morgan fingerprint density at radius 3 is 2.92 bits per heavy atom. The van der Waals surface area contributed by atoms with E-state index >= 15 is 0 Å². The van der Waals surface area contributed by atoms with Crippen LogP contribution < -0.4 is 5.32 Å². The minimum absolute atomic E-state index is 0.587. The molecule has 1 aromatic rings. The van der Waals surface area contributed by atoms with E-state index in [0.717, 1.165) is 11.6 Å². The summed E-state index contributed by atoms with van der Waals surface area (Å²) in [6.45, 7) is 5.43. The number of rotatable bonds is 0. The molecule has 1 atom stereocenters. The van der Waals surface area contributed by atoms with Gasteiger partial charge in [-0.1, -0.05) is 24.6 Å². The second-order valence-electron chi connectivity index (χ2n) is 3.77. The first-order valence-electron chi connectivity index (χ1n) is 4.73. The Labute approximate surface area is 84.1 Å². The Morgan fingerprint density at radius 2 is 2.23 bits per heavy atom. The molecule has 0 aliphatic carbocycles. The Bertz CT molecular complexity index is 333. The molecule has 0 saturated carbocycles. The number of benzene rings is 1. The molecule has 13 heavy (non-hydrogen) atoms. The minimum atomic E-state index is 0.587. The summed E-state index contributed by atoms with van der Waals surface area (Å²) in [5, 5.41) is 4.32. The van der Waals surface area contributed by atoms with Crippen molar-refractivity contribution in [2.45, 2.75) is 26.2 Å². The lowest BCUT2D eigenvalue weighted by atomic mass is 9.91. The third kappa shape index (κ3) is 1.42. The molecule has 1 aromatic carbocycles. The summed E-state index contributed by atoms with van der Waals surface area (Å²) < 4.78 is 0. The van der Waals surface area contributed by atoms with Crippen LogP contribution >= 0.6 is 11.6 Å². The molecule has 2 rings (SSSR count). The number of fused-ring (bicyclic) bond motifs is 1. The molecular weight excluding hydrogens is 182 g/mol. The fourth-order valence-electron chi connectivity index (χ4n) is 1.98. The quantitative estimate of drug-likeness (QED) is 0.668. The van der Waals surface area contributed by atoms with Crippen LogP contribution in [-0.4, -0.2) is 6.54 Å². The lowest BCUT2D eigenvalue weighted by Gasteiger charge is -2.26. The van der Waals surface area contributed by atoms with Gasteiger partial charge in [0.1, 0.15) is 0 Å². The molecule has 0 aromatic heterocycles. The van der Waals surface area contributed by atoms with Gasteiger partial charge in [0.05, 0.1) is 0 Å². The van der Waals surface area contributed by atoms with Gasteiger partial charge in [-0.3, -0.25) is 0 Å². The predicted molar refractivity (Wildman–Crippen MR) is 57.7 cm³/mol. The van der Waals surface area contributed by atoms with Crippen molar-refractivity contribution < 1.29 is 0 Å². The highest BCUT2D eigenvalue weighted by Gasteiger charge is 2.19. The van der Waals surface area contributed by atoms with Gasteiger partial charge < -0.3 is 5.32 Å². The highest BCUT2D eigenvalue weighted by Crippen LogP contribution is 2.38. The zero-order valence-corrected chi connectivity index (χ0v) is 8.78. The zero-order chi connectivity index (χ0) is 9.42. The normalized spacial score (nSPS) is 20.7.